The predicted molar refractivity (Wildman–Crippen MR) is 80.7 cm³/mol. The highest BCUT2D eigenvalue weighted by Crippen LogP contribution is 2.28. The van der Waals surface area contributed by atoms with Gasteiger partial charge in [0.05, 0.1) is 5.69 Å². The Morgan fingerprint density at radius 3 is 2.83 bits per heavy atom. The topological polar surface area (TPSA) is 131 Å². The van der Waals surface area contributed by atoms with Crippen molar-refractivity contribution in [2.45, 2.75) is 6.54 Å². The standard InChI is InChI=1S/C15H12N4O5/c20-13-6-24-12-2-1-8(3-9(12)19-13)5-16-14(21)10-4-11(15(22)23)18-7-17-10/h1-4,7H,5-6H2,(H,16,21)(H,19,20)(H,22,23). The first-order valence-corrected chi connectivity index (χ1v) is 6.92. The molecule has 0 fully saturated rings. The molecule has 1 aliphatic heterocycles. The molecule has 2 aromatic rings. The summed E-state index contributed by atoms with van der Waals surface area (Å²) in [5.41, 5.74) is 0.967. The van der Waals surface area contributed by atoms with Crippen molar-refractivity contribution in [1.29, 1.82) is 0 Å². The van der Waals surface area contributed by atoms with Crippen molar-refractivity contribution < 1.29 is 24.2 Å². The first-order valence-electron chi connectivity index (χ1n) is 6.92. The maximum atomic E-state index is 12.0. The average molecular weight is 328 g/mol. The number of hydrogen-bond acceptors (Lipinski definition) is 6. The fourth-order valence-electron chi connectivity index (χ4n) is 2.11. The minimum Gasteiger partial charge on any atom is -0.482 e. The molecule has 0 saturated carbocycles. The third kappa shape index (κ3) is 3.29. The van der Waals surface area contributed by atoms with Crippen LogP contribution >= 0.6 is 0 Å². The van der Waals surface area contributed by atoms with Gasteiger partial charge < -0.3 is 20.5 Å². The van der Waals surface area contributed by atoms with Crippen LogP contribution in [0, 0.1) is 0 Å². The number of carbonyl (C=O) groups excluding carboxylic acids is 2. The molecule has 9 nitrogen and oxygen atoms in total. The summed E-state index contributed by atoms with van der Waals surface area (Å²) >= 11 is 0. The summed E-state index contributed by atoms with van der Waals surface area (Å²) in [6.07, 6.45) is 1.02. The van der Waals surface area contributed by atoms with Crippen molar-refractivity contribution >= 4 is 23.5 Å². The van der Waals surface area contributed by atoms with Crippen molar-refractivity contribution in [1.82, 2.24) is 15.3 Å². The SMILES string of the molecule is O=C1COc2ccc(CNC(=O)c3cc(C(=O)O)ncn3)cc2N1. The first kappa shape index (κ1) is 15.4. The van der Waals surface area contributed by atoms with Gasteiger partial charge in [-0.1, -0.05) is 6.07 Å². The van der Waals surface area contributed by atoms with Gasteiger partial charge in [0.25, 0.3) is 11.8 Å². The number of anilines is 1. The van der Waals surface area contributed by atoms with Crippen LogP contribution in [-0.2, 0) is 11.3 Å². The zero-order chi connectivity index (χ0) is 17.1. The second-order valence-electron chi connectivity index (χ2n) is 4.94. The van der Waals surface area contributed by atoms with E-state index in [1.807, 2.05) is 0 Å². The van der Waals surface area contributed by atoms with Gasteiger partial charge >= 0.3 is 5.97 Å². The van der Waals surface area contributed by atoms with E-state index in [9.17, 15) is 14.4 Å². The maximum Gasteiger partial charge on any atom is 0.354 e. The highest BCUT2D eigenvalue weighted by molar-refractivity contribution is 5.96. The minimum absolute atomic E-state index is 0.0251. The van der Waals surface area contributed by atoms with E-state index in [1.165, 1.54) is 0 Å². The Bertz CT molecular complexity index is 836. The minimum atomic E-state index is -1.24. The van der Waals surface area contributed by atoms with E-state index in [-0.39, 0.29) is 30.4 Å². The summed E-state index contributed by atoms with van der Waals surface area (Å²) in [6.45, 7) is 0.150. The third-order valence-electron chi connectivity index (χ3n) is 3.25. The predicted octanol–water partition coefficient (Wildman–Crippen LogP) is 0.436. The number of nitrogens with one attached hydrogen (secondary N) is 2. The molecule has 2 amide bonds. The van der Waals surface area contributed by atoms with E-state index >= 15 is 0 Å². The fraction of sp³-hybridized carbons (Fsp3) is 0.133. The van der Waals surface area contributed by atoms with Gasteiger partial charge in [-0.25, -0.2) is 14.8 Å². The second-order valence-corrected chi connectivity index (χ2v) is 4.94. The number of aromatic carboxylic acids is 1. The number of carbonyl (C=O) groups is 3. The van der Waals surface area contributed by atoms with Crippen LogP contribution in [-0.4, -0.2) is 39.5 Å². The number of rotatable bonds is 4. The quantitative estimate of drug-likeness (QED) is 0.742. The van der Waals surface area contributed by atoms with Crippen LogP contribution in [0.25, 0.3) is 0 Å². The van der Waals surface area contributed by atoms with Gasteiger partial charge in [-0.15, -0.1) is 0 Å². The fourth-order valence-corrected chi connectivity index (χ4v) is 2.11. The third-order valence-corrected chi connectivity index (χ3v) is 3.25. The lowest BCUT2D eigenvalue weighted by Gasteiger charge is -2.18. The lowest BCUT2D eigenvalue weighted by Crippen LogP contribution is -2.26. The number of nitrogens with zero attached hydrogens (tertiary/aromatic N) is 2. The summed E-state index contributed by atoms with van der Waals surface area (Å²) in [6, 6.07) is 6.23. The summed E-state index contributed by atoms with van der Waals surface area (Å²) in [5.74, 6) is -1.45. The molecule has 9 heteroatoms. The van der Waals surface area contributed by atoms with Crippen molar-refractivity contribution in [3.05, 3.63) is 47.5 Å². The second kappa shape index (κ2) is 6.32. The monoisotopic (exact) mass is 328 g/mol. The van der Waals surface area contributed by atoms with Crippen LogP contribution in [0.2, 0.25) is 0 Å². The molecule has 0 aliphatic carbocycles. The molecule has 3 N–H and O–H groups in total. The zero-order valence-electron chi connectivity index (χ0n) is 12.3. The molecular formula is C15H12N4O5. The molecule has 122 valence electrons. The Morgan fingerprint density at radius 1 is 1.25 bits per heavy atom. The molecule has 1 aromatic heterocycles. The van der Waals surface area contributed by atoms with Crippen LogP contribution in [0.15, 0.2) is 30.6 Å². The number of hydrogen-bond donors (Lipinski definition) is 3. The van der Waals surface area contributed by atoms with E-state index in [0.717, 1.165) is 18.0 Å². The molecule has 0 saturated heterocycles. The Morgan fingerprint density at radius 2 is 2.04 bits per heavy atom. The molecule has 1 aliphatic rings. The largest absolute Gasteiger partial charge is 0.482 e. The summed E-state index contributed by atoms with van der Waals surface area (Å²) in [4.78, 5) is 41.5. The van der Waals surface area contributed by atoms with Gasteiger partial charge in [0.15, 0.2) is 12.3 Å². The van der Waals surface area contributed by atoms with E-state index < -0.39 is 11.9 Å². The van der Waals surface area contributed by atoms with Crippen molar-refractivity contribution in [3.8, 4) is 5.75 Å². The van der Waals surface area contributed by atoms with Gasteiger partial charge in [-0.05, 0) is 17.7 Å². The van der Waals surface area contributed by atoms with Gasteiger partial charge in [-0.3, -0.25) is 9.59 Å². The number of ether oxygens (including phenoxy) is 1. The Kier molecular flexibility index (Phi) is 4.06. The Labute approximate surface area is 135 Å². The molecule has 0 atom stereocenters. The molecule has 0 unspecified atom stereocenters. The lowest BCUT2D eigenvalue weighted by atomic mass is 10.1. The number of carboxylic acids is 1. The van der Waals surface area contributed by atoms with Crippen LogP contribution < -0.4 is 15.4 Å². The van der Waals surface area contributed by atoms with E-state index in [1.54, 1.807) is 18.2 Å². The van der Waals surface area contributed by atoms with Crippen LogP contribution in [0.4, 0.5) is 5.69 Å². The Hall–Kier alpha value is -3.49. The maximum absolute atomic E-state index is 12.0. The smallest absolute Gasteiger partial charge is 0.354 e. The molecule has 24 heavy (non-hydrogen) atoms. The number of amides is 2. The van der Waals surface area contributed by atoms with Gasteiger partial charge in [0.1, 0.15) is 17.8 Å². The van der Waals surface area contributed by atoms with E-state index in [0.29, 0.717) is 11.4 Å². The molecule has 1 aromatic carbocycles. The normalized spacial score (nSPS) is 12.6. The molecule has 0 bridgehead atoms. The first-order chi connectivity index (χ1) is 11.5. The van der Waals surface area contributed by atoms with Crippen LogP contribution in [0.1, 0.15) is 26.5 Å². The van der Waals surface area contributed by atoms with Crippen LogP contribution in [0.5, 0.6) is 5.75 Å². The summed E-state index contributed by atoms with van der Waals surface area (Å²) in [7, 11) is 0. The highest BCUT2D eigenvalue weighted by atomic mass is 16.5. The summed E-state index contributed by atoms with van der Waals surface area (Å²) < 4.78 is 5.25. The number of carboxylic acid groups (broad SMARTS) is 1. The summed E-state index contributed by atoms with van der Waals surface area (Å²) in [5, 5.41) is 14.2. The Balaban J connectivity index is 1.68. The lowest BCUT2D eigenvalue weighted by molar-refractivity contribution is -0.118. The van der Waals surface area contributed by atoms with Crippen molar-refractivity contribution in [2.24, 2.45) is 0 Å². The number of benzene rings is 1. The molecule has 0 radical (unpaired) electrons. The average Bonchev–Trinajstić information content (AvgIpc) is 2.59. The van der Waals surface area contributed by atoms with Gasteiger partial charge in [0, 0.05) is 12.6 Å². The van der Waals surface area contributed by atoms with Gasteiger partial charge in [-0.2, -0.15) is 0 Å². The van der Waals surface area contributed by atoms with Gasteiger partial charge in [0.2, 0.25) is 0 Å². The molecular weight excluding hydrogens is 316 g/mol. The van der Waals surface area contributed by atoms with Crippen molar-refractivity contribution in [3.63, 3.8) is 0 Å². The van der Waals surface area contributed by atoms with Crippen LogP contribution in [0.3, 0.4) is 0 Å². The van der Waals surface area contributed by atoms with E-state index in [4.69, 9.17) is 9.84 Å². The molecule has 3 rings (SSSR count). The number of fused-ring (bicyclic) bond motifs is 1. The van der Waals surface area contributed by atoms with Crippen molar-refractivity contribution in [2.75, 3.05) is 11.9 Å². The van der Waals surface area contributed by atoms with E-state index in [2.05, 4.69) is 20.6 Å². The number of aromatic nitrogens is 2. The molecule has 0 spiro atoms. The highest BCUT2D eigenvalue weighted by Gasteiger charge is 2.16. The molecule has 2 heterocycles. The zero-order valence-corrected chi connectivity index (χ0v) is 12.3.